The van der Waals surface area contributed by atoms with Crippen LogP contribution in [0.1, 0.15) is 84.5 Å². The van der Waals surface area contributed by atoms with Crippen LogP contribution in [0.4, 0.5) is 0 Å². The quantitative estimate of drug-likeness (QED) is 0.154. The molecule has 3 nitrogen and oxygen atoms in total. The van der Waals surface area contributed by atoms with Crippen molar-refractivity contribution in [1.82, 2.24) is 0 Å². The zero-order valence-corrected chi connectivity index (χ0v) is 17.2. The summed E-state index contributed by atoms with van der Waals surface area (Å²) in [6, 6.07) is 0. The normalized spacial score (nSPS) is 11.6. The fraction of sp³-hybridized carbons (Fsp3) is 0.850. The second-order valence-corrected chi connectivity index (χ2v) is 6.77. The van der Waals surface area contributed by atoms with Gasteiger partial charge in [-0.1, -0.05) is 61.9 Å². The molecule has 0 N–H and O–H groups in total. The van der Waals surface area contributed by atoms with Crippen LogP contribution in [0.25, 0.3) is 0 Å². The summed E-state index contributed by atoms with van der Waals surface area (Å²) >= 11 is 3.42. The highest BCUT2D eigenvalue weighted by Crippen LogP contribution is 2.09. The summed E-state index contributed by atoms with van der Waals surface area (Å²) < 4.78 is 11.1. The molecular weight excluding hydrogens is 368 g/mol. The number of esters is 1. The summed E-state index contributed by atoms with van der Waals surface area (Å²) in [5, 5.41) is 1.04. The molecule has 0 aromatic heterocycles. The molecule has 4 heteroatoms. The van der Waals surface area contributed by atoms with Gasteiger partial charge in [0.05, 0.1) is 13.2 Å². The highest BCUT2D eigenvalue weighted by molar-refractivity contribution is 9.09. The topological polar surface area (TPSA) is 35.5 Å². The van der Waals surface area contributed by atoms with Gasteiger partial charge in [-0.2, -0.15) is 0 Å². The van der Waals surface area contributed by atoms with Crippen molar-refractivity contribution in [3.8, 4) is 11.8 Å². The van der Waals surface area contributed by atoms with Crippen molar-refractivity contribution in [2.24, 2.45) is 0 Å². The lowest BCUT2D eigenvalue weighted by Gasteiger charge is -2.16. The number of hydrogen-bond donors (Lipinski definition) is 0. The van der Waals surface area contributed by atoms with Crippen molar-refractivity contribution < 1.29 is 14.3 Å². The summed E-state index contributed by atoms with van der Waals surface area (Å²) in [6.07, 6.45) is 10.7. The van der Waals surface area contributed by atoms with Crippen LogP contribution < -0.4 is 0 Å². The number of halogens is 1. The van der Waals surface area contributed by atoms with E-state index in [1.165, 1.54) is 19.3 Å². The highest BCUT2D eigenvalue weighted by Gasteiger charge is 2.19. The molecule has 0 rings (SSSR count). The largest absolute Gasteiger partial charge is 0.464 e. The molecule has 0 heterocycles. The molecule has 0 aliphatic rings. The SMILES string of the molecule is CCCCC#CCCOC(CCCC)C(=O)OCCCCCCBr. The lowest BCUT2D eigenvalue weighted by atomic mass is 10.1. The van der Waals surface area contributed by atoms with Crippen molar-refractivity contribution >= 4 is 21.9 Å². The van der Waals surface area contributed by atoms with Crippen molar-refractivity contribution in [2.45, 2.75) is 90.6 Å². The Bertz CT molecular complexity index is 347. The molecule has 0 aliphatic carbocycles. The van der Waals surface area contributed by atoms with Crippen LogP contribution in [0.15, 0.2) is 0 Å². The highest BCUT2D eigenvalue weighted by atomic mass is 79.9. The smallest absolute Gasteiger partial charge is 0.335 e. The average Bonchev–Trinajstić information content (AvgIpc) is 2.59. The van der Waals surface area contributed by atoms with E-state index in [0.29, 0.717) is 19.6 Å². The van der Waals surface area contributed by atoms with Crippen LogP contribution in [0.5, 0.6) is 0 Å². The van der Waals surface area contributed by atoms with Crippen molar-refractivity contribution in [3.63, 3.8) is 0 Å². The summed E-state index contributed by atoms with van der Waals surface area (Å²) in [7, 11) is 0. The van der Waals surface area contributed by atoms with E-state index in [0.717, 1.165) is 50.3 Å². The van der Waals surface area contributed by atoms with Crippen molar-refractivity contribution in [1.29, 1.82) is 0 Å². The van der Waals surface area contributed by atoms with Crippen LogP contribution in [-0.2, 0) is 14.3 Å². The molecule has 0 spiro atoms. The number of carbonyl (C=O) groups excluding carboxylic acids is 1. The standard InChI is InChI=1S/C20H35BrO3/c1-3-5-7-8-10-13-17-23-19(15-6-4-2)20(22)24-18-14-11-9-12-16-21/h19H,3-7,9,11-18H2,1-2H3. The second-order valence-electron chi connectivity index (χ2n) is 5.98. The molecule has 0 aliphatic heterocycles. The van der Waals surface area contributed by atoms with Gasteiger partial charge in [-0.3, -0.25) is 0 Å². The van der Waals surface area contributed by atoms with Crippen LogP contribution in [0.2, 0.25) is 0 Å². The third kappa shape index (κ3) is 15.0. The number of unbranched alkanes of at least 4 members (excludes halogenated alkanes) is 6. The molecule has 0 radical (unpaired) electrons. The third-order valence-electron chi connectivity index (χ3n) is 3.68. The molecule has 0 aromatic carbocycles. The Morgan fingerprint density at radius 3 is 2.33 bits per heavy atom. The molecule has 0 aromatic rings. The third-order valence-corrected chi connectivity index (χ3v) is 4.24. The maximum Gasteiger partial charge on any atom is 0.335 e. The minimum atomic E-state index is -0.426. The summed E-state index contributed by atoms with van der Waals surface area (Å²) in [6.45, 7) is 5.29. The number of hydrogen-bond acceptors (Lipinski definition) is 3. The van der Waals surface area contributed by atoms with Gasteiger partial charge >= 0.3 is 5.97 Å². The first kappa shape index (κ1) is 23.5. The maximum absolute atomic E-state index is 12.2. The fourth-order valence-corrected chi connectivity index (χ4v) is 2.57. The first-order valence-electron chi connectivity index (χ1n) is 9.56. The van der Waals surface area contributed by atoms with Gasteiger partial charge in [0.2, 0.25) is 0 Å². The Labute approximate surface area is 157 Å². The van der Waals surface area contributed by atoms with E-state index in [9.17, 15) is 4.79 Å². The molecular formula is C20H35BrO3. The summed E-state index contributed by atoms with van der Waals surface area (Å²) in [4.78, 5) is 12.2. The molecule has 24 heavy (non-hydrogen) atoms. The Morgan fingerprint density at radius 1 is 0.917 bits per heavy atom. The predicted molar refractivity (Wildman–Crippen MR) is 104 cm³/mol. The minimum absolute atomic E-state index is 0.206. The summed E-state index contributed by atoms with van der Waals surface area (Å²) in [5.41, 5.74) is 0. The molecule has 0 saturated heterocycles. The lowest BCUT2D eigenvalue weighted by Crippen LogP contribution is -2.27. The molecule has 0 amide bonds. The Kier molecular flexibility index (Phi) is 18.4. The molecule has 1 atom stereocenters. The molecule has 1 unspecified atom stereocenters. The average molecular weight is 403 g/mol. The van der Waals surface area contributed by atoms with Gasteiger partial charge in [-0.05, 0) is 25.7 Å². The number of rotatable bonds is 15. The van der Waals surface area contributed by atoms with E-state index in [1.54, 1.807) is 0 Å². The van der Waals surface area contributed by atoms with Gasteiger partial charge in [-0.15, -0.1) is 11.8 Å². The zero-order valence-electron chi connectivity index (χ0n) is 15.6. The Hall–Kier alpha value is -0.530. The minimum Gasteiger partial charge on any atom is -0.464 e. The molecule has 0 bridgehead atoms. The van der Waals surface area contributed by atoms with E-state index >= 15 is 0 Å². The monoisotopic (exact) mass is 402 g/mol. The van der Waals surface area contributed by atoms with Gasteiger partial charge in [0.25, 0.3) is 0 Å². The van der Waals surface area contributed by atoms with E-state index < -0.39 is 6.10 Å². The van der Waals surface area contributed by atoms with Crippen molar-refractivity contribution in [2.75, 3.05) is 18.5 Å². The van der Waals surface area contributed by atoms with Gasteiger partial charge in [0.1, 0.15) is 0 Å². The fourth-order valence-electron chi connectivity index (χ4n) is 2.17. The summed E-state index contributed by atoms with van der Waals surface area (Å²) in [5.74, 6) is 6.05. The Morgan fingerprint density at radius 2 is 1.62 bits per heavy atom. The second kappa shape index (κ2) is 18.8. The van der Waals surface area contributed by atoms with Gasteiger partial charge < -0.3 is 9.47 Å². The van der Waals surface area contributed by atoms with Gasteiger partial charge in [-0.25, -0.2) is 4.79 Å². The van der Waals surface area contributed by atoms with E-state index in [-0.39, 0.29) is 5.97 Å². The zero-order chi connectivity index (χ0) is 17.9. The Balaban J connectivity index is 3.95. The number of ether oxygens (including phenoxy) is 2. The van der Waals surface area contributed by atoms with Gasteiger partial charge in [0, 0.05) is 18.2 Å². The van der Waals surface area contributed by atoms with Gasteiger partial charge in [0.15, 0.2) is 6.10 Å². The van der Waals surface area contributed by atoms with Crippen LogP contribution >= 0.6 is 15.9 Å². The number of alkyl halides is 1. The van der Waals surface area contributed by atoms with Crippen LogP contribution in [0.3, 0.4) is 0 Å². The molecule has 0 fully saturated rings. The van der Waals surface area contributed by atoms with E-state index in [1.807, 2.05) is 0 Å². The predicted octanol–water partition coefficient (Wildman–Crippen LogP) is 5.64. The first-order chi connectivity index (χ1) is 11.8. The molecule has 0 saturated carbocycles. The molecule has 140 valence electrons. The van der Waals surface area contributed by atoms with Crippen LogP contribution in [0, 0.1) is 11.8 Å². The van der Waals surface area contributed by atoms with E-state index in [2.05, 4.69) is 41.6 Å². The first-order valence-corrected chi connectivity index (χ1v) is 10.7. The van der Waals surface area contributed by atoms with Crippen molar-refractivity contribution in [3.05, 3.63) is 0 Å². The number of carbonyl (C=O) groups is 1. The maximum atomic E-state index is 12.2. The van der Waals surface area contributed by atoms with Crippen LogP contribution in [-0.4, -0.2) is 30.6 Å². The lowest BCUT2D eigenvalue weighted by molar-refractivity contribution is -0.157. The van der Waals surface area contributed by atoms with E-state index in [4.69, 9.17) is 9.47 Å².